The van der Waals surface area contributed by atoms with Crippen molar-refractivity contribution in [1.82, 2.24) is 0 Å². The molecule has 0 spiro atoms. The summed E-state index contributed by atoms with van der Waals surface area (Å²) in [6.45, 7) is 0.352. The van der Waals surface area contributed by atoms with Crippen LogP contribution in [-0.4, -0.2) is 18.0 Å². The summed E-state index contributed by atoms with van der Waals surface area (Å²) in [5.41, 5.74) is 0. The molecule has 1 heterocycles. The van der Waals surface area contributed by atoms with Crippen LogP contribution in [0.15, 0.2) is 10.6 Å². The molecule has 1 aliphatic heterocycles. The molecule has 1 saturated heterocycles. The van der Waals surface area contributed by atoms with Crippen molar-refractivity contribution >= 4 is 40.8 Å². The highest BCUT2D eigenvalue weighted by molar-refractivity contribution is 6.56. The van der Waals surface area contributed by atoms with Crippen LogP contribution < -0.4 is 0 Å². The topological polar surface area (TPSA) is 26.3 Å². The number of alkyl halides is 1. The average Bonchev–Trinajstić information content (AvgIpc) is 2.34. The smallest absolute Gasteiger partial charge is 0.306 e. The van der Waals surface area contributed by atoms with E-state index in [2.05, 4.69) is 0 Å². The van der Waals surface area contributed by atoms with Crippen LogP contribution in [0.25, 0.3) is 0 Å². The second-order valence-corrected chi connectivity index (χ2v) is 4.06. The number of carbonyl (C=O) groups excluding carboxylic acids is 1. The number of allylic oxidation sites excluding steroid dienone is 1. The van der Waals surface area contributed by atoms with Crippen LogP contribution in [0.4, 0.5) is 0 Å². The Kier molecular flexibility index (Phi) is 3.69. The van der Waals surface area contributed by atoms with E-state index in [0.29, 0.717) is 13.0 Å². The van der Waals surface area contributed by atoms with Gasteiger partial charge in [0.25, 0.3) is 0 Å². The highest BCUT2D eigenvalue weighted by atomic mass is 35.5. The maximum Gasteiger partial charge on any atom is 0.306 e. The van der Waals surface area contributed by atoms with E-state index in [1.807, 2.05) is 0 Å². The van der Waals surface area contributed by atoms with E-state index in [1.54, 1.807) is 0 Å². The van der Waals surface area contributed by atoms with Crippen LogP contribution in [0.2, 0.25) is 0 Å². The number of rotatable bonds is 2. The first kappa shape index (κ1) is 10.2. The summed E-state index contributed by atoms with van der Waals surface area (Å²) >= 11 is 16.7. The molecule has 5 heteroatoms. The number of carbonyl (C=O) groups is 1. The summed E-state index contributed by atoms with van der Waals surface area (Å²) in [6, 6.07) is 0. The normalized spacial score (nSPS) is 24.9. The van der Waals surface area contributed by atoms with Crippen LogP contribution in [0.5, 0.6) is 0 Å². The molecule has 1 rings (SSSR count). The van der Waals surface area contributed by atoms with E-state index < -0.39 is 0 Å². The van der Waals surface area contributed by atoms with Gasteiger partial charge in [0, 0.05) is 5.92 Å². The zero-order valence-corrected chi connectivity index (χ0v) is 8.36. The van der Waals surface area contributed by atoms with Gasteiger partial charge in [0.2, 0.25) is 0 Å². The molecule has 2 nitrogen and oxygen atoms in total. The molecule has 0 N–H and O–H groups in total. The van der Waals surface area contributed by atoms with Crippen molar-refractivity contribution in [3.63, 3.8) is 0 Å². The van der Waals surface area contributed by atoms with Crippen molar-refractivity contribution in [3.05, 3.63) is 10.6 Å². The van der Waals surface area contributed by atoms with Crippen LogP contribution in [0.3, 0.4) is 0 Å². The Labute approximate surface area is 85.4 Å². The Hall–Kier alpha value is 0.0800. The Balaban J connectivity index is 2.48. The maximum atomic E-state index is 10.7. The summed E-state index contributed by atoms with van der Waals surface area (Å²) in [5.74, 6) is -0.226. The highest BCUT2D eigenvalue weighted by Crippen LogP contribution is 2.25. The van der Waals surface area contributed by atoms with Gasteiger partial charge in [0.1, 0.15) is 4.49 Å². The van der Waals surface area contributed by atoms with Gasteiger partial charge in [-0.05, 0) is 6.08 Å². The van der Waals surface area contributed by atoms with Gasteiger partial charge in [-0.2, -0.15) is 0 Å². The highest BCUT2D eigenvalue weighted by Gasteiger charge is 2.28. The van der Waals surface area contributed by atoms with Crippen LogP contribution in [0, 0.1) is 5.92 Å². The van der Waals surface area contributed by atoms with Crippen molar-refractivity contribution in [2.24, 2.45) is 5.92 Å². The van der Waals surface area contributed by atoms with Crippen molar-refractivity contribution in [1.29, 1.82) is 0 Å². The molecule has 0 radical (unpaired) electrons. The van der Waals surface area contributed by atoms with Gasteiger partial charge >= 0.3 is 5.97 Å². The quantitative estimate of drug-likeness (QED) is 0.537. The molecule has 12 heavy (non-hydrogen) atoms. The van der Waals surface area contributed by atoms with Crippen LogP contribution >= 0.6 is 34.8 Å². The minimum absolute atomic E-state index is 0.00772. The van der Waals surface area contributed by atoms with Gasteiger partial charge in [-0.25, -0.2) is 0 Å². The Morgan fingerprint density at radius 3 is 2.75 bits per heavy atom. The summed E-state index contributed by atoms with van der Waals surface area (Å²) in [6.07, 6.45) is 1.84. The first-order valence-corrected chi connectivity index (χ1v) is 4.61. The first-order chi connectivity index (χ1) is 5.59. The fourth-order valence-electron chi connectivity index (χ4n) is 0.993. The molecule has 0 amide bonds. The third-order valence-electron chi connectivity index (χ3n) is 1.62. The minimum atomic E-state index is -0.332. The molecule has 0 aromatic heterocycles. The minimum Gasteiger partial charge on any atom is -0.465 e. The molecule has 68 valence electrons. The van der Waals surface area contributed by atoms with Gasteiger partial charge in [0.05, 0.1) is 18.4 Å². The third kappa shape index (κ3) is 2.85. The van der Waals surface area contributed by atoms with E-state index in [-0.39, 0.29) is 21.8 Å². The summed E-state index contributed by atoms with van der Waals surface area (Å²) < 4.78 is 4.85. The Morgan fingerprint density at radius 1 is 1.67 bits per heavy atom. The largest absolute Gasteiger partial charge is 0.465 e. The van der Waals surface area contributed by atoms with Crippen molar-refractivity contribution in [2.75, 3.05) is 6.61 Å². The second kappa shape index (κ2) is 4.35. The van der Waals surface area contributed by atoms with Crippen molar-refractivity contribution in [2.45, 2.75) is 11.8 Å². The van der Waals surface area contributed by atoms with E-state index >= 15 is 0 Å². The number of esters is 1. The number of hydrogen-bond donors (Lipinski definition) is 0. The predicted molar refractivity (Wildman–Crippen MR) is 48.5 cm³/mol. The second-order valence-electron chi connectivity index (χ2n) is 2.55. The number of cyclic esters (lactones) is 1. The monoisotopic (exact) mass is 228 g/mol. The lowest BCUT2D eigenvalue weighted by molar-refractivity contribution is -0.137. The molecule has 2 atom stereocenters. The fourth-order valence-corrected chi connectivity index (χ4v) is 1.68. The van der Waals surface area contributed by atoms with Crippen LogP contribution in [-0.2, 0) is 9.53 Å². The predicted octanol–water partition coefficient (Wildman–Crippen LogP) is 2.48. The van der Waals surface area contributed by atoms with Crippen molar-refractivity contribution < 1.29 is 9.53 Å². The van der Waals surface area contributed by atoms with Gasteiger partial charge in [0.15, 0.2) is 0 Å². The summed E-state index contributed by atoms with van der Waals surface area (Å²) in [5, 5.41) is -0.332. The molecule has 2 unspecified atom stereocenters. The zero-order chi connectivity index (χ0) is 9.14. The van der Waals surface area contributed by atoms with Gasteiger partial charge in [-0.15, -0.1) is 11.6 Å². The molecular weight excluding hydrogens is 222 g/mol. The molecule has 0 bridgehead atoms. The van der Waals surface area contributed by atoms with E-state index in [1.165, 1.54) is 6.08 Å². The average molecular weight is 229 g/mol. The number of hydrogen-bond acceptors (Lipinski definition) is 2. The molecule has 1 aliphatic rings. The summed E-state index contributed by atoms with van der Waals surface area (Å²) in [4.78, 5) is 10.7. The van der Waals surface area contributed by atoms with Crippen LogP contribution in [0.1, 0.15) is 6.42 Å². The lowest BCUT2D eigenvalue weighted by Gasteiger charge is -2.08. The maximum absolute atomic E-state index is 10.7. The molecule has 0 aromatic rings. The standard InChI is InChI=1S/C7H7Cl3O2/c8-5(2-6(9)10)4-1-7(11)12-3-4/h2,4-5H,1,3H2. The van der Waals surface area contributed by atoms with Gasteiger partial charge in [-0.1, -0.05) is 23.2 Å². The Bertz CT molecular complexity index is 211. The fraction of sp³-hybridized carbons (Fsp3) is 0.571. The van der Waals surface area contributed by atoms with E-state index in [9.17, 15) is 4.79 Å². The molecule has 0 saturated carbocycles. The lowest BCUT2D eigenvalue weighted by Crippen LogP contribution is -2.12. The van der Waals surface area contributed by atoms with E-state index in [0.717, 1.165) is 0 Å². The Morgan fingerprint density at radius 2 is 2.33 bits per heavy atom. The lowest BCUT2D eigenvalue weighted by atomic mass is 10.0. The summed E-state index contributed by atoms with van der Waals surface area (Å²) in [7, 11) is 0. The van der Waals surface area contributed by atoms with Gasteiger partial charge in [-0.3, -0.25) is 4.79 Å². The zero-order valence-electron chi connectivity index (χ0n) is 6.10. The first-order valence-electron chi connectivity index (χ1n) is 3.42. The SMILES string of the molecule is O=C1CC(C(Cl)C=C(Cl)Cl)CO1. The third-order valence-corrected chi connectivity index (χ3v) is 2.36. The van der Waals surface area contributed by atoms with Gasteiger partial charge < -0.3 is 4.74 Å². The molecular formula is C7H7Cl3O2. The number of halogens is 3. The van der Waals surface area contributed by atoms with E-state index in [4.69, 9.17) is 39.5 Å². The van der Waals surface area contributed by atoms with Crippen molar-refractivity contribution in [3.8, 4) is 0 Å². The molecule has 0 aromatic carbocycles. The molecule has 0 aliphatic carbocycles. The molecule has 1 fully saturated rings. The number of ether oxygens (including phenoxy) is 1.